The van der Waals surface area contributed by atoms with Gasteiger partial charge < -0.3 is 15.4 Å². The van der Waals surface area contributed by atoms with Crippen LogP contribution >= 0.6 is 0 Å². The van der Waals surface area contributed by atoms with Crippen LogP contribution in [0.3, 0.4) is 0 Å². The molecular weight excluding hydrogens is 252 g/mol. The third kappa shape index (κ3) is 4.31. The first-order valence-electron chi connectivity index (χ1n) is 6.51. The van der Waals surface area contributed by atoms with Gasteiger partial charge >= 0.3 is 6.03 Å². The number of para-hydroxylation sites is 1. The van der Waals surface area contributed by atoms with Gasteiger partial charge in [0.15, 0.2) is 0 Å². The second-order valence-electron chi connectivity index (χ2n) is 4.35. The number of hydrogen-bond donors (Lipinski definition) is 2. The zero-order valence-electron chi connectivity index (χ0n) is 11.4. The molecule has 0 saturated carbocycles. The highest BCUT2D eigenvalue weighted by molar-refractivity contribution is 5.89. The highest BCUT2D eigenvalue weighted by Crippen LogP contribution is 2.12. The lowest BCUT2D eigenvalue weighted by Crippen LogP contribution is -2.30. The number of methoxy groups -OCH3 is 1. The summed E-state index contributed by atoms with van der Waals surface area (Å²) < 4.78 is 5.16. The first-order chi connectivity index (χ1) is 9.78. The molecule has 2 aromatic rings. The van der Waals surface area contributed by atoms with Crippen molar-refractivity contribution >= 4 is 11.7 Å². The first-order valence-corrected chi connectivity index (χ1v) is 6.51. The van der Waals surface area contributed by atoms with E-state index >= 15 is 0 Å². The monoisotopic (exact) mass is 270 g/mol. The normalized spacial score (nSPS) is 9.85. The van der Waals surface area contributed by atoms with Crippen LogP contribution in [0.5, 0.6) is 5.75 Å². The van der Waals surface area contributed by atoms with Gasteiger partial charge in [0.05, 0.1) is 7.11 Å². The van der Waals surface area contributed by atoms with Crippen LogP contribution in [0.1, 0.15) is 5.56 Å². The lowest BCUT2D eigenvalue weighted by molar-refractivity contribution is 0.252. The summed E-state index contributed by atoms with van der Waals surface area (Å²) in [6.45, 7) is 0.575. The lowest BCUT2D eigenvalue weighted by Gasteiger charge is -2.08. The molecule has 0 heterocycles. The summed E-state index contributed by atoms with van der Waals surface area (Å²) in [4.78, 5) is 11.7. The quantitative estimate of drug-likeness (QED) is 0.877. The third-order valence-electron chi connectivity index (χ3n) is 2.87. The second-order valence-corrected chi connectivity index (χ2v) is 4.35. The summed E-state index contributed by atoms with van der Waals surface area (Å²) in [6.07, 6.45) is 0.763. The van der Waals surface area contributed by atoms with E-state index in [-0.39, 0.29) is 6.03 Å². The Labute approximate surface area is 118 Å². The van der Waals surface area contributed by atoms with Gasteiger partial charge in [-0.25, -0.2) is 4.79 Å². The summed E-state index contributed by atoms with van der Waals surface area (Å²) >= 11 is 0. The van der Waals surface area contributed by atoms with E-state index < -0.39 is 0 Å². The van der Waals surface area contributed by atoms with E-state index in [1.54, 1.807) is 7.11 Å². The fourth-order valence-corrected chi connectivity index (χ4v) is 1.85. The minimum absolute atomic E-state index is 0.195. The molecule has 0 spiro atoms. The van der Waals surface area contributed by atoms with E-state index in [0.717, 1.165) is 23.4 Å². The molecule has 0 fully saturated rings. The van der Waals surface area contributed by atoms with Crippen LogP contribution in [0.15, 0.2) is 54.6 Å². The van der Waals surface area contributed by atoms with Crippen LogP contribution in [-0.4, -0.2) is 19.7 Å². The van der Waals surface area contributed by atoms with E-state index in [2.05, 4.69) is 10.6 Å². The third-order valence-corrected chi connectivity index (χ3v) is 2.87. The van der Waals surface area contributed by atoms with Crippen molar-refractivity contribution in [1.82, 2.24) is 5.32 Å². The van der Waals surface area contributed by atoms with Crippen LogP contribution in [-0.2, 0) is 6.42 Å². The molecule has 0 saturated heterocycles. The molecule has 0 aliphatic carbocycles. The molecule has 0 atom stereocenters. The summed E-state index contributed by atoms with van der Waals surface area (Å²) in [7, 11) is 1.64. The molecule has 0 aromatic heterocycles. The molecule has 2 amide bonds. The Morgan fingerprint density at radius 3 is 2.65 bits per heavy atom. The first kappa shape index (κ1) is 13.9. The van der Waals surface area contributed by atoms with Crippen molar-refractivity contribution in [1.29, 1.82) is 0 Å². The predicted molar refractivity (Wildman–Crippen MR) is 80.2 cm³/mol. The van der Waals surface area contributed by atoms with Crippen molar-refractivity contribution in [3.8, 4) is 5.75 Å². The number of ether oxygens (including phenoxy) is 1. The number of urea groups is 1. The topological polar surface area (TPSA) is 50.4 Å². The molecule has 0 aliphatic heterocycles. The fraction of sp³-hybridized carbons (Fsp3) is 0.188. The highest BCUT2D eigenvalue weighted by Gasteiger charge is 2.01. The molecule has 4 heteroatoms. The number of benzene rings is 2. The molecule has 0 radical (unpaired) electrons. The van der Waals surface area contributed by atoms with Crippen molar-refractivity contribution in [3.63, 3.8) is 0 Å². The van der Waals surface area contributed by atoms with Gasteiger partial charge in [0.1, 0.15) is 5.75 Å². The molecule has 2 rings (SSSR count). The zero-order chi connectivity index (χ0) is 14.2. The van der Waals surface area contributed by atoms with Gasteiger partial charge in [-0.15, -0.1) is 0 Å². The SMILES string of the molecule is COc1cccc(CCNC(=O)Nc2ccccc2)c1. The van der Waals surface area contributed by atoms with Gasteiger partial charge in [-0.1, -0.05) is 30.3 Å². The number of hydrogen-bond acceptors (Lipinski definition) is 2. The summed E-state index contributed by atoms with van der Waals surface area (Å²) in [5, 5.41) is 5.60. The van der Waals surface area contributed by atoms with Gasteiger partial charge in [-0.3, -0.25) is 0 Å². The maximum absolute atomic E-state index is 11.7. The Morgan fingerprint density at radius 1 is 1.10 bits per heavy atom. The van der Waals surface area contributed by atoms with Crippen molar-refractivity contribution in [3.05, 3.63) is 60.2 Å². The number of anilines is 1. The van der Waals surface area contributed by atoms with Gasteiger partial charge in [0.25, 0.3) is 0 Å². The second kappa shape index (κ2) is 7.19. The Bertz CT molecular complexity index is 555. The van der Waals surface area contributed by atoms with Crippen molar-refractivity contribution in [2.24, 2.45) is 0 Å². The van der Waals surface area contributed by atoms with E-state index in [0.29, 0.717) is 6.54 Å². The largest absolute Gasteiger partial charge is 0.497 e. The standard InChI is InChI=1S/C16H18N2O2/c1-20-15-9-5-6-13(12-15)10-11-17-16(19)18-14-7-3-2-4-8-14/h2-9,12H,10-11H2,1H3,(H2,17,18,19). The molecule has 2 aromatic carbocycles. The van der Waals surface area contributed by atoms with E-state index in [9.17, 15) is 4.79 Å². The Balaban J connectivity index is 1.76. The van der Waals surface area contributed by atoms with Crippen LogP contribution < -0.4 is 15.4 Å². The van der Waals surface area contributed by atoms with Gasteiger partial charge in [-0.05, 0) is 36.2 Å². The Kier molecular flexibility index (Phi) is 5.00. The molecule has 4 nitrogen and oxygen atoms in total. The van der Waals surface area contributed by atoms with E-state index in [1.807, 2.05) is 54.6 Å². The average Bonchev–Trinajstić information content (AvgIpc) is 2.48. The van der Waals surface area contributed by atoms with Crippen molar-refractivity contribution in [2.45, 2.75) is 6.42 Å². The van der Waals surface area contributed by atoms with E-state index in [4.69, 9.17) is 4.74 Å². The van der Waals surface area contributed by atoms with Crippen LogP contribution in [0.4, 0.5) is 10.5 Å². The van der Waals surface area contributed by atoms with Crippen LogP contribution in [0.25, 0.3) is 0 Å². The fourth-order valence-electron chi connectivity index (χ4n) is 1.85. The lowest BCUT2D eigenvalue weighted by atomic mass is 10.1. The number of amides is 2. The van der Waals surface area contributed by atoms with Crippen molar-refractivity contribution < 1.29 is 9.53 Å². The Hall–Kier alpha value is -2.49. The maximum Gasteiger partial charge on any atom is 0.319 e. The molecule has 0 bridgehead atoms. The number of rotatable bonds is 5. The molecule has 0 unspecified atom stereocenters. The summed E-state index contributed by atoms with van der Waals surface area (Å²) in [5.74, 6) is 0.830. The minimum atomic E-state index is -0.195. The summed E-state index contributed by atoms with van der Waals surface area (Å²) in [5.41, 5.74) is 1.91. The van der Waals surface area contributed by atoms with Crippen molar-refractivity contribution in [2.75, 3.05) is 19.0 Å². The number of nitrogens with one attached hydrogen (secondary N) is 2. The number of carbonyl (C=O) groups is 1. The molecule has 2 N–H and O–H groups in total. The molecule has 104 valence electrons. The van der Waals surface area contributed by atoms with Gasteiger partial charge in [0, 0.05) is 12.2 Å². The minimum Gasteiger partial charge on any atom is -0.497 e. The van der Waals surface area contributed by atoms with Gasteiger partial charge in [-0.2, -0.15) is 0 Å². The Morgan fingerprint density at radius 2 is 1.90 bits per heavy atom. The molecule has 20 heavy (non-hydrogen) atoms. The van der Waals surface area contributed by atoms with Crippen LogP contribution in [0.2, 0.25) is 0 Å². The van der Waals surface area contributed by atoms with Crippen LogP contribution in [0, 0.1) is 0 Å². The molecular formula is C16H18N2O2. The highest BCUT2D eigenvalue weighted by atomic mass is 16.5. The smallest absolute Gasteiger partial charge is 0.319 e. The van der Waals surface area contributed by atoms with Gasteiger partial charge in [0.2, 0.25) is 0 Å². The molecule has 0 aliphatic rings. The average molecular weight is 270 g/mol. The number of carbonyl (C=O) groups excluding carboxylic acids is 1. The maximum atomic E-state index is 11.7. The zero-order valence-corrected chi connectivity index (χ0v) is 11.4. The summed E-state index contributed by atoms with van der Waals surface area (Å²) in [6, 6.07) is 17.0. The predicted octanol–water partition coefficient (Wildman–Crippen LogP) is 3.06. The van der Waals surface area contributed by atoms with E-state index in [1.165, 1.54) is 0 Å².